The van der Waals surface area contributed by atoms with E-state index in [0.29, 0.717) is 12.0 Å². The van der Waals surface area contributed by atoms with Gasteiger partial charge >= 0.3 is 6.03 Å². The monoisotopic (exact) mass is 345 g/mol. The Labute approximate surface area is 152 Å². The Morgan fingerprint density at radius 3 is 2.62 bits per heavy atom. The predicted molar refractivity (Wildman–Crippen MR) is 95.9 cm³/mol. The van der Waals surface area contributed by atoms with Crippen molar-refractivity contribution in [3.05, 3.63) is 70.8 Å². The Balaban J connectivity index is 1.68. The quantitative estimate of drug-likeness (QED) is 0.849. The van der Waals surface area contributed by atoms with Gasteiger partial charge < -0.3 is 5.32 Å². The lowest BCUT2D eigenvalue weighted by Crippen LogP contribution is -2.44. The Bertz CT molecular complexity index is 914. The molecule has 1 atom stereocenters. The molecule has 26 heavy (non-hydrogen) atoms. The van der Waals surface area contributed by atoms with E-state index in [2.05, 4.69) is 11.4 Å². The van der Waals surface area contributed by atoms with Crippen LogP contribution in [0.5, 0.6) is 0 Å². The summed E-state index contributed by atoms with van der Waals surface area (Å²) in [5.74, 6) is -0.179. The van der Waals surface area contributed by atoms with Gasteiger partial charge in [-0.2, -0.15) is 5.26 Å². The molecule has 1 unspecified atom stereocenters. The summed E-state index contributed by atoms with van der Waals surface area (Å²) in [7, 11) is 0. The summed E-state index contributed by atoms with van der Waals surface area (Å²) in [5.41, 5.74) is 2.50. The number of fused-ring (bicyclic) bond motifs is 2. The van der Waals surface area contributed by atoms with E-state index in [1.54, 1.807) is 24.3 Å². The highest BCUT2D eigenvalue weighted by Crippen LogP contribution is 2.39. The Kier molecular flexibility index (Phi) is 3.96. The number of nitrogens with zero attached hydrogens (tertiary/aromatic N) is 2. The number of nitrogens with one attached hydrogen (secondary N) is 1. The van der Waals surface area contributed by atoms with Crippen LogP contribution in [-0.2, 0) is 23.3 Å². The van der Waals surface area contributed by atoms with Crippen LogP contribution in [0.4, 0.5) is 4.79 Å². The molecule has 0 saturated carbocycles. The standard InChI is InChI=1S/C21H19N3O2/c22-13-15-8-10-16(11-9-15)14-24-19(25)21(23-20(24)26)12-4-3-6-17-5-1-2-7-18(17)21/h1-2,5,7-11H,3-4,6,12,14H2,(H,23,26). The highest BCUT2D eigenvalue weighted by atomic mass is 16.2. The van der Waals surface area contributed by atoms with Crippen molar-refractivity contribution >= 4 is 11.9 Å². The molecule has 1 fully saturated rings. The molecule has 130 valence electrons. The third-order valence-corrected chi connectivity index (χ3v) is 5.32. The first-order valence-electron chi connectivity index (χ1n) is 8.85. The molecule has 5 heteroatoms. The van der Waals surface area contributed by atoms with Gasteiger partial charge in [0.15, 0.2) is 0 Å². The number of benzene rings is 2. The Morgan fingerprint density at radius 2 is 1.85 bits per heavy atom. The van der Waals surface area contributed by atoms with E-state index in [4.69, 9.17) is 5.26 Å². The fourth-order valence-corrected chi connectivity index (χ4v) is 3.98. The third-order valence-electron chi connectivity index (χ3n) is 5.32. The van der Waals surface area contributed by atoms with Gasteiger partial charge in [-0.1, -0.05) is 36.4 Å². The van der Waals surface area contributed by atoms with E-state index >= 15 is 0 Å². The van der Waals surface area contributed by atoms with E-state index in [9.17, 15) is 9.59 Å². The van der Waals surface area contributed by atoms with E-state index < -0.39 is 5.54 Å². The average Bonchev–Trinajstić information content (AvgIpc) is 2.82. The number of carbonyl (C=O) groups excluding carboxylic acids is 2. The van der Waals surface area contributed by atoms with Crippen LogP contribution < -0.4 is 5.32 Å². The average molecular weight is 345 g/mol. The van der Waals surface area contributed by atoms with Gasteiger partial charge in [-0.05, 0) is 54.5 Å². The van der Waals surface area contributed by atoms with Crippen molar-refractivity contribution in [2.45, 2.75) is 37.8 Å². The lowest BCUT2D eigenvalue weighted by molar-refractivity contribution is -0.132. The number of urea groups is 1. The van der Waals surface area contributed by atoms with Crippen molar-refractivity contribution in [1.29, 1.82) is 5.26 Å². The molecule has 3 amide bonds. The minimum Gasteiger partial charge on any atom is -0.319 e. The second-order valence-corrected chi connectivity index (χ2v) is 6.90. The maximum absolute atomic E-state index is 13.3. The lowest BCUT2D eigenvalue weighted by atomic mass is 9.84. The third kappa shape index (κ3) is 2.55. The van der Waals surface area contributed by atoms with Crippen LogP contribution in [-0.4, -0.2) is 16.8 Å². The summed E-state index contributed by atoms with van der Waals surface area (Å²) in [4.78, 5) is 27.3. The van der Waals surface area contributed by atoms with Gasteiger partial charge in [-0.25, -0.2) is 4.79 Å². The molecular formula is C21H19N3O2. The number of hydrogen-bond donors (Lipinski definition) is 1. The number of hydrogen-bond acceptors (Lipinski definition) is 3. The van der Waals surface area contributed by atoms with Crippen LogP contribution in [0.25, 0.3) is 0 Å². The summed E-state index contributed by atoms with van der Waals surface area (Å²) in [6.07, 6.45) is 3.46. The molecule has 4 rings (SSSR count). The first-order valence-corrected chi connectivity index (χ1v) is 8.85. The second-order valence-electron chi connectivity index (χ2n) is 6.90. The summed E-state index contributed by atoms with van der Waals surface area (Å²) in [6.45, 7) is 0.209. The van der Waals surface area contributed by atoms with Crippen LogP contribution in [0.1, 0.15) is 41.5 Å². The number of carbonyl (C=O) groups is 2. The fraction of sp³-hybridized carbons (Fsp3) is 0.286. The van der Waals surface area contributed by atoms with Gasteiger partial charge in [0.2, 0.25) is 0 Å². The molecule has 0 aromatic heterocycles. The predicted octanol–water partition coefficient (Wildman–Crippen LogP) is 3.23. The number of nitriles is 1. The summed E-state index contributed by atoms with van der Waals surface area (Å²) < 4.78 is 0. The van der Waals surface area contributed by atoms with Gasteiger partial charge in [0.1, 0.15) is 5.54 Å². The molecule has 1 heterocycles. The van der Waals surface area contributed by atoms with E-state index in [1.807, 2.05) is 24.3 Å². The zero-order valence-electron chi connectivity index (χ0n) is 14.4. The fourth-order valence-electron chi connectivity index (χ4n) is 3.98. The lowest BCUT2D eigenvalue weighted by Gasteiger charge is -2.27. The molecule has 1 saturated heterocycles. The molecule has 0 radical (unpaired) electrons. The number of amides is 3. The summed E-state index contributed by atoms with van der Waals surface area (Å²) in [5, 5.41) is 11.9. The zero-order chi connectivity index (χ0) is 18.1. The maximum atomic E-state index is 13.3. The van der Waals surface area contributed by atoms with Gasteiger partial charge in [-0.3, -0.25) is 9.69 Å². The number of rotatable bonds is 2. The topological polar surface area (TPSA) is 73.2 Å². The summed E-state index contributed by atoms with van der Waals surface area (Å²) >= 11 is 0. The zero-order valence-corrected chi connectivity index (χ0v) is 14.4. The number of aryl methyl sites for hydroxylation is 1. The molecule has 2 aliphatic rings. The van der Waals surface area contributed by atoms with Gasteiger partial charge in [0, 0.05) is 0 Å². The molecule has 0 bridgehead atoms. The first-order chi connectivity index (χ1) is 12.6. The molecule has 1 spiro atoms. The van der Waals surface area contributed by atoms with Crippen molar-refractivity contribution in [1.82, 2.24) is 10.2 Å². The first kappa shape index (κ1) is 16.3. The van der Waals surface area contributed by atoms with E-state index in [-0.39, 0.29) is 18.5 Å². The maximum Gasteiger partial charge on any atom is 0.325 e. The van der Waals surface area contributed by atoms with Crippen LogP contribution in [0, 0.1) is 11.3 Å². The van der Waals surface area contributed by atoms with Gasteiger partial charge in [-0.15, -0.1) is 0 Å². The molecule has 1 aliphatic carbocycles. The molecule has 2 aromatic rings. The van der Waals surface area contributed by atoms with Crippen molar-refractivity contribution in [2.75, 3.05) is 0 Å². The van der Waals surface area contributed by atoms with Crippen LogP contribution in [0.15, 0.2) is 48.5 Å². The summed E-state index contributed by atoms with van der Waals surface area (Å²) in [6, 6.07) is 16.6. The van der Waals surface area contributed by atoms with E-state index in [1.165, 1.54) is 4.90 Å². The SMILES string of the molecule is N#Cc1ccc(CN2C(=O)NC3(CCCCc4ccccc43)C2=O)cc1. The largest absolute Gasteiger partial charge is 0.325 e. The van der Waals surface area contributed by atoms with Crippen molar-refractivity contribution in [3.8, 4) is 6.07 Å². The molecular weight excluding hydrogens is 326 g/mol. The van der Waals surface area contributed by atoms with Crippen LogP contribution in [0.3, 0.4) is 0 Å². The van der Waals surface area contributed by atoms with Crippen LogP contribution >= 0.6 is 0 Å². The minimum absolute atomic E-state index is 0.179. The van der Waals surface area contributed by atoms with Crippen molar-refractivity contribution < 1.29 is 9.59 Å². The minimum atomic E-state index is -0.948. The number of imide groups is 1. The normalized spacial score (nSPS) is 21.9. The molecule has 1 N–H and O–H groups in total. The second kappa shape index (κ2) is 6.30. The molecule has 5 nitrogen and oxygen atoms in total. The van der Waals surface area contributed by atoms with Gasteiger partial charge in [0.05, 0.1) is 18.2 Å². The highest BCUT2D eigenvalue weighted by Gasteiger charge is 2.53. The Morgan fingerprint density at radius 1 is 1.08 bits per heavy atom. The van der Waals surface area contributed by atoms with Crippen LogP contribution in [0.2, 0.25) is 0 Å². The molecule has 1 aliphatic heterocycles. The molecule has 2 aromatic carbocycles. The van der Waals surface area contributed by atoms with Crippen molar-refractivity contribution in [2.24, 2.45) is 0 Å². The van der Waals surface area contributed by atoms with Gasteiger partial charge in [0.25, 0.3) is 5.91 Å². The van der Waals surface area contributed by atoms with Crippen molar-refractivity contribution in [3.63, 3.8) is 0 Å². The smallest absolute Gasteiger partial charge is 0.319 e. The highest BCUT2D eigenvalue weighted by molar-refractivity contribution is 6.07. The Hall–Kier alpha value is -3.13. The van der Waals surface area contributed by atoms with E-state index in [0.717, 1.165) is 36.0 Å².